The van der Waals surface area contributed by atoms with Gasteiger partial charge in [-0.25, -0.2) is 0 Å². The van der Waals surface area contributed by atoms with Crippen LogP contribution in [0, 0.1) is 13.8 Å². The van der Waals surface area contributed by atoms with E-state index in [2.05, 4.69) is 41.9 Å². The summed E-state index contributed by atoms with van der Waals surface area (Å²) in [5, 5.41) is 11.8. The quantitative estimate of drug-likeness (QED) is 0.795. The van der Waals surface area contributed by atoms with Crippen molar-refractivity contribution in [2.75, 3.05) is 6.54 Å². The lowest BCUT2D eigenvalue weighted by Gasteiger charge is -2.10. The molecule has 0 aliphatic rings. The summed E-state index contributed by atoms with van der Waals surface area (Å²) < 4.78 is 2.22. The van der Waals surface area contributed by atoms with Crippen molar-refractivity contribution in [1.29, 1.82) is 0 Å². The Hall–Kier alpha value is -2.07. The second-order valence-electron chi connectivity index (χ2n) is 4.89. The predicted octanol–water partition coefficient (Wildman–Crippen LogP) is 2.66. The highest BCUT2D eigenvalue weighted by atomic mass is 16.4. The zero-order valence-corrected chi connectivity index (χ0v) is 11.9. The summed E-state index contributed by atoms with van der Waals surface area (Å²) in [6, 6.07) is 12.4. The number of carboxylic acids is 1. The van der Waals surface area contributed by atoms with Gasteiger partial charge < -0.3 is 15.0 Å². The van der Waals surface area contributed by atoms with Crippen LogP contribution in [0.5, 0.6) is 0 Å². The molecule has 4 heteroatoms. The van der Waals surface area contributed by atoms with Crippen LogP contribution >= 0.6 is 0 Å². The number of aromatic nitrogens is 1. The molecule has 0 saturated carbocycles. The van der Waals surface area contributed by atoms with Gasteiger partial charge in [-0.05, 0) is 37.6 Å². The number of nitrogens with one attached hydrogen (secondary N) is 1. The van der Waals surface area contributed by atoms with Gasteiger partial charge in [-0.15, -0.1) is 0 Å². The molecule has 1 heterocycles. The van der Waals surface area contributed by atoms with E-state index >= 15 is 0 Å². The van der Waals surface area contributed by atoms with Gasteiger partial charge in [0, 0.05) is 30.2 Å². The number of benzene rings is 1. The highest BCUT2D eigenvalue weighted by Gasteiger charge is 2.10. The molecule has 0 bridgehead atoms. The molecule has 20 heavy (non-hydrogen) atoms. The minimum atomic E-state index is -0.771. The number of aliphatic carboxylic acids is 1. The molecular formula is C16H20N2O2. The maximum Gasteiger partial charge on any atom is 0.304 e. The fraction of sp³-hybridized carbons (Fsp3) is 0.312. The van der Waals surface area contributed by atoms with Crippen molar-refractivity contribution in [1.82, 2.24) is 9.88 Å². The van der Waals surface area contributed by atoms with Gasteiger partial charge in [0.05, 0.1) is 6.42 Å². The first kappa shape index (κ1) is 14.3. The number of nitrogens with zero attached hydrogens (tertiary/aromatic N) is 1. The van der Waals surface area contributed by atoms with Gasteiger partial charge in [0.1, 0.15) is 0 Å². The summed E-state index contributed by atoms with van der Waals surface area (Å²) in [6.07, 6.45) is 0.150. The van der Waals surface area contributed by atoms with Crippen molar-refractivity contribution in [3.63, 3.8) is 0 Å². The van der Waals surface area contributed by atoms with Gasteiger partial charge >= 0.3 is 5.97 Å². The van der Waals surface area contributed by atoms with Gasteiger partial charge in [-0.1, -0.05) is 18.2 Å². The van der Waals surface area contributed by atoms with E-state index in [-0.39, 0.29) is 6.42 Å². The van der Waals surface area contributed by atoms with Crippen LogP contribution in [0.4, 0.5) is 0 Å². The molecule has 0 fully saturated rings. The van der Waals surface area contributed by atoms with E-state index in [9.17, 15) is 4.79 Å². The first-order valence-corrected chi connectivity index (χ1v) is 6.75. The van der Waals surface area contributed by atoms with Crippen LogP contribution in [0.25, 0.3) is 5.69 Å². The maximum absolute atomic E-state index is 10.5. The minimum Gasteiger partial charge on any atom is -0.481 e. The largest absolute Gasteiger partial charge is 0.481 e. The van der Waals surface area contributed by atoms with Crippen molar-refractivity contribution in [2.24, 2.45) is 0 Å². The SMILES string of the molecule is Cc1cc(CNCCC(=O)O)c(C)n1-c1ccccc1. The lowest BCUT2D eigenvalue weighted by atomic mass is 10.2. The van der Waals surface area contributed by atoms with Gasteiger partial charge in [-0.3, -0.25) is 4.79 Å². The Bertz CT molecular complexity index is 588. The third-order valence-corrected chi connectivity index (χ3v) is 3.38. The Kier molecular flexibility index (Phi) is 4.58. The molecule has 2 N–H and O–H groups in total. The molecule has 106 valence electrons. The fourth-order valence-electron chi connectivity index (χ4n) is 2.40. The fourth-order valence-corrected chi connectivity index (χ4v) is 2.40. The third kappa shape index (κ3) is 3.27. The average Bonchev–Trinajstić information content (AvgIpc) is 2.70. The zero-order chi connectivity index (χ0) is 14.5. The van der Waals surface area contributed by atoms with E-state index < -0.39 is 5.97 Å². The minimum absolute atomic E-state index is 0.150. The summed E-state index contributed by atoms with van der Waals surface area (Å²) >= 11 is 0. The van der Waals surface area contributed by atoms with E-state index in [0.29, 0.717) is 13.1 Å². The zero-order valence-electron chi connectivity index (χ0n) is 11.9. The topological polar surface area (TPSA) is 54.3 Å². The first-order chi connectivity index (χ1) is 9.59. The second kappa shape index (κ2) is 6.39. The van der Waals surface area contributed by atoms with Crippen molar-refractivity contribution >= 4 is 5.97 Å². The van der Waals surface area contributed by atoms with Gasteiger partial charge in [-0.2, -0.15) is 0 Å². The lowest BCUT2D eigenvalue weighted by Crippen LogP contribution is -2.17. The Labute approximate surface area is 119 Å². The summed E-state index contributed by atoms with van der Waals surface area (Å²) in [6.45, 7) is 5.36. The molecule has 0 amide bonds. The first-order valence-electron chi connectivity index (χ1n) is 6.75. The molecule has 0 unspecified atom stereocenters. The van der Waals surface area contributed by atoms with Crippen molar-refractivity contribution in [2.45, 2.75) is 26.8 Å². The van der Waals surface area contributed by atoms with Crippen molar-refractivity contribution in [3.8, 4) is 5.69 Å². The van der Waals surface area contributed by atoms with Gasteiger partial charge in [0.2, 0.25) is 0 Å². The van der Waals surface area contributed by atoms with Crippen molar-refractivity contribution in [3.05, 3.63) is 53.3 Å². The predicted molar refractivity (Wildman–Crippen MR) is 79.2 cm³/mol. The lowest BCUT2D eigenvalue weighted by molar-refractivity contribution is -0.136. The highest BCUT2D eigenvalue weighted by molar-refractivity contribution is 5.66. The third-order valence-electron chi connectivity index (χ3n) is 3.38. The number of rotatable bonds is 6. The van der Waals surface area contributed by atoms with E-state index in [4.69, 9.17) is 5.11 Å². The van der Waals surface area contributed by atoms with Gasteiger partial charge in [0.25, 0.3) is 0 Å². The second-order valence-corrected chi connectivity index (χ2v) is 4.89. The molecular weight excluding hydrogens is 252 g/mol. The Balaban J connectivity index is 2.11. The molecule has 0 saturated heterocycles. The van der Waals surface area contributed by atoms with Crippen LogP contribution in [0.1, 0.15) is 23.4 Å². The van der Waals surface area contributed by atoms with Crippen LogP contribution in [-0.2, 0) is 11.3 Å². The monoisotopic (exact) mass is 272 g/mol. The summed E-state index contributed by atoms with van der Waals surface area (Å²) in [5.41, 5.74) is 4.73. The maximum atomic E-state index is 10.5. The molecule has 0 radical (unpaired) electrons. The van der Waals surface area contributed by atoms with Crippen LogP contribution < -0.4 is 5.32 Å². The average molecular weight is 272 g/mol. The normalized spacial score (nSPS) is 10.7. The summed E-state index contributed by atoms with van der Waals surface area (Å²) in [7, 11) is 0. The molecule has 0 atom stereocenters. The summed E-state index contributed by atoms with van der Waals surface area (Å²) in [5.74, 6) is -0.771. The van der Waals surface area contributed by atoms with Crippen LogP contribution in [0.2, 0.25) is 0 Å². The molecule has 0 spiro atoms. The highest BCUT2D eigenvalue weighted by Crippen LogP contribution is 2.20. The smallest absolute Gasteiger partial charge is 0.304 e. The molecule has 0 aliphatic carbocycles. The molecule has 4 nitrogen and oxygen atoms in total. The van der Waals surface area contributed by atoms with E-state index in [1.165, 1.54) is 17.0 Å². The summed E-state index contributed by atoms with van der Waals surface area (Å²) in [4.78, 5) is 10.5. The Morgan fingerprint density at radius 2 is 1.95 bits per heavy atom. The van der Waals surface area contributed by atoms with E-state index in [0.717, 1.165) is 5.69 Å². The van der Waals surface area contributed by atoms with Crippen LogP contribution in [0.15, 0.2) is 36.4 Å². The number of carbonyl (C=O) groups is 1. The molecule has 1 aromatic heterocycles. The van der Waals surface area contributed by atoms with E-state index in [1.54, 1.807) is 0 Å². The standard InChI is InChI=1S/C16H20N2O2/c1-12-10-14(11-17-9-8-16(19)20)13(2)18(12)15-6-4-3-5-7-15/h3-7,10,17H,8-9,11H2,1-2H3,(H,19,20). The Morgan fingerprint density at radius 3 is 2.60 bits per heavy atom. The van der Waals surface area contributed by atoms with Crippen LogP contribution in [0.3, 0.4) is 0 Å². The number of carboxylic acid groups (broad SMARTS) is 1. The molecule has 0 aliphatic heterocycles. The van der Waals surface area contributed by atoms with Gasteiger partial charge in [0.15, 0.2) is 0 Å². The number of para-hydroxylation sites is 1. The van der Waals surface area contributed by atoms with Crippen molar-refractivity contribution < 1.29 is 9.90 Å². The molecule has 1 aromatic carbocycles. The number of hydrogen-bond donors (Lipinski definition) is 2. The van der Waals surface area contributed by atoms with Crippen LogP contribution in [-0.4, -0.2) is 22.2 Å². The Morgan fingerprint density at radius 1 is 1.25 bits per heavy atom. The number of aryl methyl sites for hydroxylation is 1. The number of hydrogen-bond acceptors (Lipinski definition) is 2. The van der Waals surface area contributed by atoms with E-state index in [1.807, 2.05) is 18.2 Å². The molecule has 2 rings (SSSR count). The molecule has 2 aromatic rings.